The summed E-state index contributed by atoms with van der Waals surface area (Å²) in [5.74, 6) is 0. The van der Waals surface area contributed by atoms with Gasteiger partial charge in [0.05, 0.1) is 0 Å². The molecule has 0 saturated heterocycles. The maximum atomic E-state index is 2.96. The Labute approximate surface area is 287 Å². The van der Waals surface area contributed by atoms with E-state index >= 15 is 0 Å². The van der Waals surface area contributed by atoms with Crippen LogP contribution >= 0.6 is 0 Å². The minimum absolute atomic E-state index is 0.274. The van der Waals surface area contributed by atoms with Crippen LogP contribution in [-0.4, -0.2) is 80.0 Å². The fraction of sp³-hybridized carbons (Fsp3) is 0.824. The summed E-state index contributed by atoms with van der Waals surface area (Å²) in [7, 11) is -11.5. The Morgan fingerprint density at radius 2 is 0.581 bits per heavy atom. The first-order valence-corrected chi connectivity index (χ1v) is 48.2. The Balaban J connectivity index is 4.76. The molecule has 0 aromatic heterocycles. The predicted molar refractivity (Wildman–Crippen MR) is 231 cm³/mol. The molecule has 250 valence electrons. The summed E-state index contributed by atoms with van der Waals surface area (Å²) in [4.78, 5) is 0. The van der Waals surface area contributed by atoms with Gasteiger partial charge in [0.1, 0.15) is 0 Å². The molecule has 1 aromatic carbocycles. The summed E-state index contributed by atoms with van der Waals surface area (Å²) in [5, 5.41) is 2.47. The van der Waals surface area contributed by atoms with Crippen molar-refractivity contribution in [1.82, 2.24) is 0 Å². The molecule has 2 radical (unpaired) electrons. The van der Waals surface area contributed by atoms with Crippen molar-refractivity contribution in [2.24, 2.45) is 0 Å². The van der Waals surface area contributed by atoms with Crippen LogP contribution in [0.1, 0.15) is 32.2 Å². The van der Waals surface area contributed by atoms with Crippen LogP contribution in [-0.2, 0) is 0 Å². The van der Waals surface area contributed by atoms with E-state index in [1.54, 1.807) is 5.56 Å². The summed E-state index contributed by atoms with van der Waals surface area (Å²) in [6.07, 6.45) is 0. The Hall–Kier alpha value is 1.50. The minimum atomic E-state index is -1.49. The van der Waals surface area contributed by atoms with Gasteiger partial charge in [-0.3, -0.25) is 0 Å². The van der Waals surface area contributed by atoms with Crippen molar-refractivity contribution in [1.29, 1.82) is 0 Å². The molecule has 0 aliphatic heterocycles. The third-order valence-corrected chi connectivity index (χ3v) is 60.8. The van der Waals surface area contributed by atoms with Crippen LogP contribution in [0, 0.1) is 0 Å². The molecule has 0 N–H and O–H groups in total. The fourth-order valence-electron chi connectivity index (χ4n) is 10.1. The molecule has 9 heteroatoms. The van der Waals surface area contributed by atoms with Gasteiger partial charge in [0.2, 0.25) is 0 Å². The van der Waals surface area contributed by atoms with E-state index in [0.29, 0.717) is 0 Å². The van der Waals surface area contributed by atoms with E-state index in [9.17, 15) is 0 Å². The summed E-state index contributed by atoms with van der Waals surface area (Å²) >= 11 is -0.274. The normalized spacial score (nSPS) is 15.4. The molecule has 0 unspecified atom stereocenters. The van der Waals surface area contributed by atoms with Crippen molar-refractivity contribution in [3.8, 4) is 0 Å². The Bertz CT molecular complexity index is 980. The van der Waals surface area contributed by atoms with Crippen LogP contribution in [0.25, 0.3) is 0 Å². The van der Waals surface area contributed by atoms with E-state index in [2.05, 4.69) is 169 Å². The molecule has 0 bridgehead atoms. The zero-order valence-corrected chi connectivity index (χ0v) is 44.1. The maximum absolute atomic E-state index is 2.96. The average molecular weight is 784 g/mol. The number of hydrogen-bond donors (Lipinski definition) is 0. The first-order valence-electron chi connectivity index (χ1n) is 17.4. The summed E-state index contributed by atoms with van der Waals surface area (Å²) in [6, 6.07) is 5.92. The van der Waals surface area contributed by atoms with Gasteiger partial charge in [-0.15, -0.1) is 0 Å². The first-order chi connectivity index (χ1) is 18.4. The van der Waals surface area contributed by atoms with Gasteiger partial charge in [-0.05, 0) is 0 Å². The van der Waals surface area contributed by atoms with Gasteiger partial charge >= 0.3 is 290 Å². The molecular formula is C34H78GeSi8. The molecule has 0 heterocycles. The van der Waals surface area contributed by atoms with Crippen molar-refractivity contribution < 1.29 is 0 Å². The molecule has 0 fully saturated rings. The van der Waals surface area contributed by atoms with E-state index in [1.165, 1.54) is 0 Å². The third kappa shape index (κ3) is 11.3. The molecule has 1 aromatic rings. The molecule has 0 saturated carbocycles. The van der Waals surface area contributed by atoms with Gasteiger partial charge in [-0.2, -0.15) is 0 Å². The van der Waals surface area contributed by atoms with E-state index < -0.39 is 64.6 Å². The topological polar surface area (TPSA) is 0 Å². The number of benzene rings is 1. The molecule has 0 atom stereocenters. The molecule has 0 aliphatic rings. The van der Waals surface area contributed by atoms with Crippen LogP contribution in [0.3, 0.4) is 0 Å². The van der Waals surface area contributed by atoms with Gasteiger partial charge < -0.3 is 0 Å². The number of rotatable bonds is 13. The second-order valence-electron chi connectivity index (χ2n) is 22.9. The van der Waals surface area contributed by atoms with Crippen molar-refractivity contribution in [3.63, 3.8) is 0 Å². The van der Waals surface area contributed by atoms with Crippen LogP contribution in [0.5, 0.6) is 0 Å². The Kier molecular flexibility index (Phi) is 13.3. The molecule has 1 rings (SSSR count). The van der Waals surface area contributed by atoms with E-state index in [0.717, 1.165) is 19.5 Å². The van der Waals surface area contributed by atoms with Gasteiger partial charge in [-0.1, -0.05) is 0 Å². The van der Waals surface area contributed by atoms with Crippen LogP contribution in [0.2, 0.25) is 161 Å². The average Bonchev–Trinajstić information content (AvgIpc) is 2.57. The van der Waals surface area contributed by atoms with Crippen LogP contribution in [0.4, 0.5) is 0 Å². The molecule has 0 amide bonds. The Morgan fingerprint density at radius 1 is 0.349 bits per heavy atom. The monoisotopic (exact) mass is 784 g/mol. The SMILES string of the molecule is C[Si](C)(C)[CH]([Ge][c]1c(C([Si](C)(C)C)[Si](C)(C)C)cc(C([Si](C)(C)C)[Si](C)(C)C)cc1C([Si](C)(C)C)[Si](C)(C)C)[Si](C)(C)C. The zero-order valence-electron chi connectivity index (χ0n) is 34.0. The first kappa shape index (κ1) is 42.5. The van der Waals surface area contributed by atoms with Gasteiger partial charge in [0.15, 0.2) is 0 Å². The second-order valence-corrected chi connectivity index (χ2v) is 73.0. The van der Waals surface area contributed by atoms with E-state index in [1.807, 2.05) is 15.5 Å². The van der Waals surface area contributed by atoms with E-state index in [-0.39, 0.29) is 15.4 Å². The predicted octanol–water partition coefficient (Wildman–Crippen LogP) is 12.1. The molecule has 0 aliphatic carbocycles. The summed E-state index contributed by atoms with van der Waals surface area (Å²) in [5.41, 5.74) is 5.69. The quantitative estimate of drug-likeness (QED) is 0.175. The van der Waals surface area contributed by atoms with Crippen molar-refractivity contribution in [3.05, 3.63) is 28.8 Å². The van der Waals surface area contributed by atoms with Crippen molar-refractivity contribution in [2.45, 2.75) is 177 Å². The molecule has 43 heavy (non-hydrogen) atoms. The van der Waals surface area contributed by atoms with Gasteiger partial charge in [0, 0.05) is 0 Å². The van der Waals surface area contributed by atoms with Gasteiger partial charge in [-0.25, -0.2) is 0 Å². The van der Waals surface area contributed by atoms with E-state index in [4.69, 9.17) is 0 Å². The fourth-order valence-corrected chi connectivity index (χ4v) is 69.9. The van der Waals surface area contributed by atoms with Crippen molar-refractivity contribution >= 4 is 84.4 Å². The van der Waals surface area contributed by atoms with Crippen LogP contribution < -0.4 is 4.40 Å². The summed E-state index contributed by atoms with van der Waals surface area (Å²) in [6.45, 7) is 65.2. The molecular weight excluding hydrogens is 706 g/mol. The zero-order chi connectivity index (χ0) is 34.7. The molecule has 0 spiro atoms. The Morgan fingerprint density at radius 3 is 0.767 bits per heavy atom. The molecule has 0 nitrogen and oxygen atoms in total. The third-order valence-electron chi connectivity index (χ3n) is 9.39. The summed E-state index contributed by atoms with van der Waals surface area (Å²) < 4.78 is 3.05. The van der Waals surface area contributed by atoms with Gasteiger partial charge in [0.25, 0.3) is 0 Å². The second kappa shape index (κ2) is 13.4. The van der Waals surface area contributed by atoms with Crippen molar-refractivity contribution in [2.75, 3.05) is 0 Å². The standard InChI is InChI=1S/C34H78GeSi8/c1-36(2,3)31(37(4,5)6)27-25-28(32(38(7,8)9)39(10,11)12)30(35-34(42(19,20)21)43(22,23)24)29(26-27)33(40(13,14)15)41(16,17)18/h25-26,31-34H,1-24H3. The van der Waals surface area contributed by atoms with Crippen LogP contribution in [0.15, 0.2) is 12.1 Å². The number of hydrogen-bond acceptors (Lipinski definition) is 0.